The summed E-state index contributed by atoms with van der Waals surface area (Å²) in [6.07, 6.45) is 0.172. The van der Waals surface area contributed by atoms with Gasteiger partial charge in [0.2, 0.25) is 5.91 Å². The van der Waals surface area contributed by atoms with Gasteiger partial charge in [-0.15, -0.1) is 0 Å². The lowest BCUT2D eigenvalue weighted by molar-refractivity contribution is -0.149. The number of benzene rings is 1. The summed E-state index contributed by atoms with van der Waals surface area (Å²) < 4.78 is 4.61. The highest BCUT2D eigenvalue weighted by Crippen LogP contribution is 2.09. The van der Waals surface area contributed by atoms with Crippen LogP contribution in [-0.2, 0) is 20.7 Å². The maximum atomic E-state index is 11.8. The Morgan fingerprint density at radius 2 is 2.06 bits per heavy atom. The number of hydrogen-bond acceptors (Lipinski definition) is 4. The first kappa shape index (κ1) is 14.0. The Balaban J connectivity index is 2.65. The highest BCUT2D eigenvalue weighted by molar-refractivity contribution is 5.88. The number of rotatable bonds is 4. The molecule has 0 saturated carbocycles. The van der Waals surface area contributed by atoms with Crippen molar-refractivity contribution in [2.75, 3.05) is 12.8 Å². The molecule has 0 aliphatic heterocycles. The summed E-state index contributed by atoms with van der Waals surface area (Å²) in [5.41, 5.74) is 5.99. The van der Waals surface area contributed by atoms with Crippen LogP contribution in [0.3, 0.4) is 0 Å². The number of nitrogen functional groups attached to an aromatic ring is 1. The highest BCUT2D eigenvalue weighted by atomic mass is 16.5. The van der Waals surface area contributed by atoms with Crippen molar-refractivity contribution < 1.29 is 14.3 Å². The molecule has 1 amide bonds. The maximum Gasteiger partial charge on any atom is 0.330 e. The van der Waals surface area contributed by atoms with Gasteiger partial charge in [-0.25, -0.2) is 4.79 Å². The molecule has 5 nitrogen and oxygen atoms in total. The minimum atomic E-state index is -1.04. The van der Waals surface area contributed by atoms with Gasteiger partial charge in [-0.3, -0.25) is 4.79 Å². The Morgan fingerprint density at radius 1 is 1.39 bits per heavy atom. The third kappa shape index (κ3) is 3.76. The molecule has 1 rings (SSSR count). The van der Waals surface area contributed by atoms with Crippen molar-refractivity contribution in [3.8, 4) is 0 Å². The number of carbonyl (C=O) groups excluding carboxylic acids is 2. The molecule has 0 unspecified atom stereocenters. The average Bonchev–Trinajstić information content (AvgIpc) is 2.26. The van der Waals surface area contributed by atoms with Crippen LogP contribution in [0.25, 0.3) is 0 Å². The summed E-state index contributed by atoms with van der Waals surface area (Å²) in [6.45, 7) is 3.19. The Hall–Kier alpha value is -2.04. The van der Waals surface area contributed by atoms with Crippen LogP contribution in [0.1, 0.15) is 19.4 Å². The first-order valence-electron chi connectivity index (χ1n) is 5.59. The van der Waals surface area contributed by atoms with Crippen molar-refractivity contribution in [2.45, 2.75) is 25.8 Å². The summed E-state index contributed by atoms with van der Waals surface area (Å²) in [6, 6.07) is 7.06. The van der Waals surface area contributed by atoms with Gasteiger partial charge < -0.3 is 15.8 Å². The molecule has 1 aromatic rings. The summed E-state index contributed by atoms with van der Waals surface area (Å²) in [5, 5.41) is 2.62. The first-order chi connectivity index (χ1) is 8.35. The smallest absolute Gasteiger partial charge is 0.330 e. The number of esters is 1. The molecule has 0 saturated heterocycles. The Kier molecular flexibility index (Phi) is 4.31. The zero-order valence-corrected chi connectivity index (χ0v) is 10.8. The molecule has 0 heterocycles. The number of hydrogen-bond donors (Lipinski definition) is 2. The molecular weight excluding hydrogens is 232 g/mol. The topological polar surface area (TPSA) is 81.4 Å². The van der Waals surface area contributed by atoms with Crippen LogP contribution in [0, 0.1) is 0 Å². The van der Waals surface area contributed by atoms with Crippen molar-refractivity contribution >= 4 is 17.6 Å². The molecule has 0 radical (unpaired) electrons. The van der Waals surface area contributed by atoms with E-state index in [2.05, 4.69) is 10.1 Å². The summed E-state index contributed by atoms with van der Waals surface area (Å²) in [5.74, 6) is -0.737. The molecule has 0 fully saturated rings. The van der Waals surface area contributed by atoms with E-state index >= 15 is 0 Å². The number of nitrogens with two attached hydrogens (primary N) is 1. The van der Waals surface area contributed by atoms with Crippen LogP contribution in [0.2, 0.25) is 0 Å². The predicted molar refractivity (Wildman–Crippen MR) is 68.8 cm³/mol. The van der Waals surface area contributed by atoms with E-state index in [0.29, 0.717) is 5.69 Å². The van der Waals surface area contributed by atoms with Gasteiger partial charge in [-0.1, -0.05) is 12.1 Å². The summed E-state index contributed by atoms with van der Waals surface area (Å²) in [4.78, 5) is 23.2. The van der Waals surface area contributed by atoms with Crippen LogP contribution in [-0.4, -0.2) is 24.5 Å². The molecule has 98 valence electrons. The van der Waals surface area contributed by atoms with Gasteiger partial charge in [-0.2, -0.15) is 0 Å². The van der Waals surface area contributed by atoms with E-state index in [9.17, 15) is 9.59 Å². The van der Waals surface area contributed by atoms with Crippen LogP contribution in [0.5, 0.6) is 0 Å². The minimum absolute atomic E-state index is 0.172. The average molecular weight is 250 g/mol. The van der Waals surface area contributed by atoms with Crippen molar-refractivity contribution in [1.29, 1.82) is 0 Å². The van der Waals surface area contributed by atoms with Gasteiger partial charge in [0.05, 0.1) is 13.5 Å². The predicted octanol–water partition coefficient (Wildman–Crippen LogP) is 0.879. The van der Waals surface area contributed by atoms with Crippen LogP contribution in [0.4, 0.5) is 5.69 Å². The molecule has 5 heteroatoms. The molecule has 0 aliphatic carbocycles. The normalized spacial score (nSPS) is 10.8. The van der Waals surface area contributed by atoms with Crippen molar-refractivity contribution in [2.24, 2.45) is 0 Å². The van der Waals surface area contributed by atoms with E-state index in [1.165, 1.54) is 7.11 Å². The SMILES string of the molecule is COC(=O)C(C)(C)NC(=O)Cc1cccc(N)c1. The quantitative estimate of drug-likeness (QED) is 0.614. The van der Waals surface area contributed by atoms with Gasteiger partial charge in [0, 0.05) is 5.69 Å². The zero-order chi connectivity index (χ0) is 13.8. The minimum Gasteiger partial charge on any atom is -0.467 e. The number of amides is 1. The van der Waals surface area contributed by atoms with Crippen LogP contribution >= 0.6 is 0 Å². The van der Waals surface area contributed by atoms with Crippen LogP contribution < -0.4 is 11.1 Å². The van der Waals surface area contributed by atoms with E-state index in [1.807, 2.05) is 0 Å². The molecule has 0 spiro atoms. The first-order valence-corrected chi connectivity index (χ1v) is 5.59. The van der Waals surface area contributed by atoms with E-state index < -0.39 is 11.5 Å². The molecule has 0 bridgehead atoms. The molecule has 1 aromatic carbocycles. The fourth-order valence-corrected chi connectivity index (χ4v) is 1.59. The Morgan fingerprint density at radius 3 is 2.61 bits per heavy atom. The number of carbonyl (C=O) groups is 2. The summed E-state index contributed by atoms with van der Waals surface area (Å²) >= 11 is 0. The second-order valence-electron chi connectivity index (χ2n) is 4.59. The van der Waals surface area contributed by atoms with Crippen molar-refractivity contribution in [3.05, 3.63) is 29.8 Å². The van der Waals surface area contributed by atoms with Gasteiger partial charge >= 0.3 is 5.97 Å². The third-order valence-corrected chi connectivity index (χ3v) is 2.46. The largest absolute Gasteiger partial charge is 0.467 e. The standard InChI is InChI=1S/C13H18N2O3/c1-13(2,12(17)18-3)15-11(16)8-9-5-4-6-10(14)7-9/h4-7H,8,14H2,1-3H3,(H,15,16). The van der Waals surface area contributed by atoms with E-state index in [1.54, 1.807) is 38.1 Å². The molecule has 0 atom stereocenters. The lowest BCUT2D eigenvalue weighted by atomic mass is 10.0. The van der Waals surface area contributed by atoms with Crippen LogP contribution in [0.15, 0.2) is 24.3 Å². The molecule has 0 aromatic heterocycles. The Labute approximate surface area is 106 Å². The van der Waals surface area contributed by atoms with Crippen molar-refractivity contribution in [1.82, 2.24) is 5.32 Å². The van der Waals surface area contributed by atoms with Gasteiger partial charge in [-0.05, 0) is 31.5 Å². The second-order valence-corrected chi connectivity index (χ2v) is 4.59. The molecule has 0 aliphatic rings. The fraction of sp³-hybridized carbons (Fsp3) is 0.385. The number of ether oxygens (including phenoxy) is 1. The second kappa shape index (κ2) is 5.53. The number of methoxy groups -OCH3 is 1. The maximum absolute atomic E-state index is 11.8. The Bertz CT molecular complexity index is 455. The molecular formula is C13H18N2O3. The van der Waals surface area contributed by atoms with E-state index in [0.717, 1.165) is 5.56 Å². The van der Waals surface area contributed by atoms with E-state index in [-0.39, 0.29) is 12.3 Å². The van der Waals surface area contributed by atoms with E-state index in [4.69, 9.17) is 5.73 Å². The monoisotopic (exact) mass is 250 g/mol. The highest BCUT2D eigenvalue weighted by Gasteiger charge is 2.30. The molecule has 18 heavy (non-hydrogen) atoms. The number of anilines is 1. The number of nitrogens with one attached hydrogen (secondary N) is 1. The molecule has 3 N–H and O–H groups in total. The van der Waals surface area contributed by atoms with Gasteiger partial charge in [0.25, 0.3) is 0 Å². The summed E-state index contributed by atoms with van der Waals surface area (Å²) in [7, 11) is 1.29. The lowest BCUT2D eigenvalue weighted by Crippen LogP contribution is -2.50. The van der Waals surface area contributed by atoms with Crippen molar-refractivity contribution in [3.63, 3.8) is 0 Å². The van der Waals surface area contributed by atoms with Gasteiger partial charge in [0.15, 0.2) is 0 Å². The zero-order valence-electron chi connectivity index (χ0n) is 10.8. The fourth-order valence-electron chi connectivity index (χ4n) is 1.59. The van der Waals surface area contributed by atoms with Gasteiger partial charge in [0.1, 0.15) is 5.54 Å². The third-order valence-electron chi connectivity index (χ3n) is 2.46. The lowest BCUT2D eigenvalue weighted by Gasteiger charge is -2.23.